The summed E-state index contributed by atoms with van der Waals surface area (Å²) in [5, 5.41) is 2.59. The molecule has 0 saturated carbocycles. The van der Waals surface area contributed by atoms with Gasteiger partial charge in [0.05, 0.1) is 24.0 Å². The Hall–Kier alpha value is -4.79. The second-order valence-electron chi connectivity index (χ2n) is 11.3. The first-order valence-corrected chi connectivity index (χ1v) is 14.0. The highest BCUT2D eigenvalue weighted by Gasteiger charge is 2.61. The van der Waals surface area contributed by atoms with Crippen LogP contribution in [0.1, 0.15) is 58.3 Å². The molecule has 42 heavy (non-hydrogen) atoms. The minimum atomic E-state index is -0.851. The van der Waals surface area contributed by atoms with Gasteiger partial charge in [0.25, 0.3) is 5.91 Å². The molecule has 9 heteroatoms. The Bertz CT molecular complexity index is 1480. The van der Waals surface area contributed by atoms with Crippen molar-refractivity contribution in [3.05, 3.63) is 101 Å². The number of rotatable bonds is 8. The molecule has 2 atom stereocenters. The van der Waals surface area contributed by atoms with Gasteiger partial charge in [0.1, 0.15) is 6.54 Å². The number of imide groups is 1. The molecular weight excluding hydrogens is 536 g/mol. The molecule has 0 spiro atoms. The molecule has 1 fully saturated rings. The molecule has 2 bridgehead atoms. The zero-order chi connectivity index (χ0) is 29.5. The third kappa shape index (κ3) is 4.74. The van der Waals surface area contributed by atoms with E-state index in [4.69, 9.17) is 9.47 Å². The number of carbonyl (C=O) groups excluding carboxylic acids is 5. The summed E-state index contributed by atoms with van der Waals surface area (Å²) in [5.74, 6) is -4.19. The smallest absolute Gasteiger partial charge is 0.338 e. The quantitative estimate of drug-likeness (QED) is 0.325. The van der Waals surface area contributed by atoms with Gasteiger partial charge in [-0.3, -0.25) is 24.1 Å². The number of carbonyl (C=O) groups is 5. The molecular formula is C33H30N2O7. The zero-order valence-corrected chi connectivity index (χ0v) is 23.2. The zero-order valence-electron chi connectivity index (χ0n) is 23.2. The predicted octanol–water partition coefficient (Wildman–Crippen LogP) is 3.87. The molecule has 214 valence electrons. The van der Waals surface area contributed by atoms with Crippen LogP contribution in [-0.2, 0) is 28.7 Å². The van der Waals surface area contributed by atoms with Gasteiger partial charge in [-0.05, 0) is 52.4 Å². The monoisotopic (exact) mass is 566 g/mol. The lowest BCUT2D eigenvalue weighted by Crippen LogP contribution is -2.41. The molecule has 0 unspecified atom stereocenters. The highest BCUT2D eigenvalue weighted by Crippen LogP contribution is 2.60. The normalized spacial score (nSPS) is 21.5. The van der Waals surface area contributed by atoms with Crippen LogP contribution in [0, 0.1) is 17.8 Å². The van der Waals surface area contributed by atoms with Crippen LogP contribution in [-0.4, -0.2) is 54.3 Å². The molecule has 9 nitrogen and oxygen atoms in total. The van der Waals surface area contributed by atoms with Crippen molar-refractivity contribution in [2.24, 2.45) is 17.8 Å². The third-order valence-electron chi connectivity index (χ3n) is 8.14. The summed E-state index contributed by atoms with van der Waals surface area (Å²) in [7, 11) is 0. The van der Waals surface area contributed by atoms with Crippen LogP contribution in [0.5, 0.6) is 0 Å². The third-order valence-corrected chi connectivity index (χ3v) is 8.14. The summed E-state index contributed by atoms with van der Waals surface area (Å²) in [6.45, 7) is 3.03. The van der Waals surface area contributed by atoms with E-state index in [0.717, 1.165) is 27.2 Å². The second-order valence-corrected chi connectivity index (χ2v) is 11.3. The Morgan fingerprint density at radius 3 is 1.74 bits per heavy atom. The van der Waals surface area contributed by atoms with Gasteiger partial charge < -0.3 is 14.8 Å². The summed E-state index contributed by atoms with van der Waals surface area (Å²) in [5.41, 5.74) is 4.94. The highest BCUT2D eigenvalue weighted by molar-refractivity contribution is 6.09. The number of likely N-dealkylation sites (tertiary alicyclic amines) is 1. The largest absolute Gasteiger partial charge is 0.462 e. The Kier molecular flexibility index (Phi) is 7.10. The summed E-state index contributed by atoms with van der Waals surface area (Å²) in [6, 6.07) is 21.9. The first-order chi connectivity index (χ1) is 20.2. The SMILES string of the molecule is CC(C)COC(=O)c1ccc(NC(=O)COC(=O)CN2C(=O)[C@@H]3C4c5ccccc5C(c5ccccc54)[C@H]3C2=O)cc1. The van der Waals surface area contributed by atoms with E-state index in [9.17, 15) is 24.0 Å². The average molecular weight is 567 g/mol. The lowest BCUT2D eigenvalue weighted by Gasteiger charge is -2.45. The van der Waals surface area contributed by atoms with Crippen molar-refractivity contribution in [3.8, 4) is 0 Å². The maximum atomic E-state index is 13.6. The minimum absolute atomic E-state index is 0.213. The minimum Gasteiger partial charge on any atom is -0.462 e. The van der Waals surface area contributed by atoms with Gasteiger partial charge in [-0.25, -0.2) is 4.79 Å². The van der Waals surface area contributed by atoms with E-state index in [1.54, 1.807) is 12.1 Å². The van der Waals surface area contributed by atoms with E-state index in [0.29, 0.717) is 17.9 Å². The number of nitrogens with zero attached hydrogens (tertiary/aromatic N) is 1. The molecule has 1 saturated heterocycles. The van der Waals surface area contributed by atoms with Crippen LogP contribution in [0.2, 0.25) is 0 Å². The van der Waals surface area contributed by atoms with Gasteiger partial charge in [0.2, 0.25) is 11.8 Å². The molecule has 1 heterocycles. The van der Waals surface area contributed by atoms with E-state index in [1.807, 2.05) is 62.4 Å². The van der Waals surface area contributed by atoms with Crippen molar-refractivity contribution < 1.29 is 33.4 Å². The first-order valence-electron chi connectivity index (χ1n) is 14.0. The molecule has 3 aliphatic carbocycles. The summed E-state index contributed by atoms with van der Waals surface area (Å²) < 4.78 is 10.3. The van der Waals surface area contributed by atoms with Crippen molar-refractivity contribution in [2.75, 3.05) is 25.1 Å². The number of benzene rings is 3. The van der Waals surface area contributed by atoms with Crippen LogP contribution >= 0.6 is 0 Å². The molecule has 0 radical (unpaired) electrons. The van der Waals surface area contributed by atoms with E-state index in [2.05, 4.69) is 5.32 Å². The van der Waals surface area contributed by atoms with Gasteiger partial charge in [-0.15, -0.1) is 0 Å². The number of amides is 3. The van der Waals surface area contributed by atoms with E-state index < -0.39 is 54.6 Å². The molecule has 1 aliphatic heterocycles. The van der Waals surface area contributed by atoms with Gasteiger partial charge in [-0.1, -0.05) is 62.4 Å². The number of hydrogen-bond acceptors (Lipinski definition) is 7. The van der Waals surface area contributed by atoms with E-state index in [-0.39, 0.29) is 17.8 Å². The van der Waals surface area contributed by atoms with Gasteiger partial charge in [0.15, 0.2) is 6.61 Å². The predicted molar refractivity (Wildman–Crippen MR) is 151 cm³/mol. The number of nitrogens with one attached hydrogen (secondary N) is 1. The van der Waals surface area contributed by atoms with Crippen molar-refractivity contribution in [1.29, 1.82) is 0 Å². The molecule has 1 N–H and O–H groups in total. The number of anilines is 1. The van der Waals surface area contributed by atoms with E-state index in [1.165, 1.54) is 12.1 Å². The summed E-state index contributed by atoms with van der Waals surface area (Å²) in [4.78, 5) is 65.4. The van der Waals surface area contributed by atoms with E-state index >= 15 is 0 Å². The Morgan fingerprint density at radius 1 is 0.762 bits per heavy atom. The average Bonchev–Trinajstić information content (AvgIpc) is 3.24. The van der Waals surface area contributed by atoms with Gasteiger partial charge >= 0.3 is 11.9 Å². The number of ether oxygens (including phenoxy) is 2. The maximum absolute atomic E-state index is 13.6. The standard InChI is InChI=1S/C33H30N2O7/c1-18(2)16-42-33(40)19-11-13-20(14-12-19)34-25(36)17-41-26(37)15-35-31(38)29-27-21-7-3-4-8-22(21)28(30(29)32(35)39)24-10-6-5-9-23(24)27/h3-14,18,27-30H,15-17H2,1-2H3,(H,34,36)/t27?,28?,29-,30-/m1/s1. The van der Waals surface area contributed by atoms with Crippen LogP contribution in [0.15, 0.2) is 72.8 Å². The van der Waals surface area contributed by atoms with Crippen molar-refractivity contribution in [2.45, 2.75) is 25.7 Å². The van der Waals surface area contributed by atoms with Crippen LogP contribution in [0.4, 0.5) is 5.69 Å². The number of esters is 2. The summed E-state index contributed by atoms with van der Waals surface area (Å²) >= 11 is 0. The molecule has 0 aromatic heterocycles. The summed E-state index contributed by atoms with van der Waals surface area (Å²) in [6.07, 6.45) is 0. The van der Waals surface area contributed by atoms with Gasteiger partial charge in [0, 0.05) is 17.5 Å². The number of hydrogen-bond donors (Lipinski definition) is 1. The maximum Gasteiger partial charge on any atom is 0.338 e. The molecule has 3 aromatic rings. The van der Waals surface area contributed by atoms with Crippen molar-refractivity contribution in [3.63, 3.8) is 0 Å². The highest BCUT2D eigenvalue weighted by atomic mass is 16.5. The van der Waals surface area contributed by atoms with Crippen molar-refractivity contribution in [1.82, 2.24) is 4.90 Å². The molecule has 4 aliphatic rings. The fraction of sp³-hybridized carbons (Fsp3) is 0.303. The lowest BCUT2D eigenvalue weighted by molar-refractivity contribution is -0.154. The van der Waals surface area contributed by atoms with Crippen LogP contribution < -0.4 is 5.32 Å². The fourth-order valence-electron chi connectivity index (χ4n) is 6.43. The van der Waals surface area contributed by atoms with Gasteiger partial charge in [-0.2, -0.15) is 0 Å². The Balaban J connectivity index is 1.08. The Morgan fingerprint density at radius 2 is 1.26 bits per heavy atom. The first kappa shape index (κ1) is 27.4. The van der Waals surface area contributed by atoms with Crippen LogP contribution in [0.25, 0.3) is 0 Å². The Labute approximate surface area is 242 Å². The molecule has 3 amide bonds. The fourth-order valence-corrected chi connectivity index (χ4v) is 6.43. The van der Waals surface area contributed by atoms with Crippen LogP contribution in [0.3, 0.4) is 0 Å². The molecule has 7 rings (SSSR count). The topological polar surface area (TPSA) is 119 Å². The lowest BCUT2D eigenvalue weighted by atomic mass is 9.55. The van der Waals surface area contributed by atoms with Crippen molar-refractivity contribution >= 4 is 35.3 Å². The molecule has 3 aromatic carbocycles. The second kappa shape index (κ2) is 10.9.